The van der Waals surface area contributed by atoms with Gasteiger partial charge in [-0.1, -0.05) is 36.4 Å². The first-order valence-corrected chi connectivity index (χ1v) is 8.73. The lowest BCUT2D eigenvalue weighted by Gasteiger charge is -2.03. The van der Waals surface area contributed by atoms with E-state index in [9.17, 15) is 8.42 Å². The Morgan fingerprint density at radius 1 is 1.10 bits per heavy atom. The van der Waals surface area contributed by atoms with Crippen LogP contribution in [0.15, 0.2) is 58.5 Å². The standard InChI is InChI=1S/C15H15BrN2O2S/c16-15-8-4-7-14(18-15)10-12-21(19,20)17-11-9-13-5-2-1-3-6-13/h1-8,10,12,17H,9,11H2/b12-10+. The zero-order chi connectivity index (χ0) is 15.1. The van der Waals surface area contributed by atoms with Crippen LogP contribution in [-0.4, -0.2) is 19.9 Å². The lowest BCUT2D eigenvalue weighted by Crippen LogP contribution is -2.23. The molecule has 0 radical (unpaired) electrons. The van der Waals surface area contributed by atoms with Crippen LogP contribution in [0.1, 0.15) is 11.3 Å². The summed E-state index contributed by atoms with van der Waals surface area (Å²) in [7, 11) is -3.45. The molecular formula is C15H15BrN2O2S. The Hall–Kier alpha value is -1.50. The van der Waals surface area contributed by atoms with E-state index in [1.54, 1.807) is 18.2 Å². The highest BCUT2D eigenvalue weighted by molar-refractivity contribution is 9.10. The number of aromatic nitrogens is 1. The van der Waals surface area contributed by atoms with E-state index in [1.807, 2.05) is 30.3 Å². The van der Waals surface area contributed by atoms with Gasteiger partial charge >= 0.3 is 0 Å². The van der Waals surface area contributed by atoms with Crippen molar-refractivity contribution in [3.63, 3.8) is 0 Å². The number of rotatable bonds is 6. The van der Waals surface area contributed by atoms with E-state index in [4.69, 9.17) is 0 Å². The monoisotopic (exact) mass is 366 g/mol. The molecule has 2 aromatic rings. The van der Waals surface area contributed by atoms with E-state index in [0.29, 0.717) is 23.3 Å². The van der Waals surface area contributed by atoms with E-state index in [1.165, 1.54) is 6.08 Å². The minimum Gasteiger partial charge on any atom is -0.242 e. The SMILES string of the molecule is O=S(=O)(/C=C/c1cccc(Br)n1)NCCc1ccccc1. The summed E-state index contributed by atoms with van der Waals surface area (Å²) in [6, 6.07) is 15.1. The summed E-state index contributed by atoms with van der Waals surface area (Å²) in [6.07, 6.45) is 2.12. The molecule has 0 amide bonds. The van der Waals surface area contributed by atoms with Gasteiger partial charge in [0.2, 0.25) is 10.0 Å². The maximum absolute atomic E-state index is 11.8. The van der Waals surface area contributed by atoms with Gasteiger partial charge in [-0.2, -0.15) is 0 Å². The zero-order valence-electron chi connectivity index (χ0n) is 11.2. The minimum atomic E-state index is -3.45. The number of hydrogen-bond acceptors (Lipinski definition) is 3. The average Bonchev–Trinajstić information content (AvgIpc) is 2.46. The number of halogens is 1. The fraction of sp³-hybridized carbons (Fsp3) is 0.133. The third-order valence-electron chi connectivity index (χ3n) is 2.71. The van der Waals surface area contributed by atoms with Gasteiger partial charge < -0.3 is 0 Å². The molecule has 0 bridgehead atoms. The molecule has 1 heterocycles. The number of sulfonamides is 1. The van der Waals surface area contributed by atoms with Gasteiger partial charge in [-0.25, -0.2) is 18.1 Å². The molecular weight excluding hydrogens is 352 g/mol. The Kier molecular flexibility index (Phi) is 5.67. The van der Waals surface area contributed by atoms with Crippen molar-refractivity contribution in [3.05, 3.63) is 69.8 Å². The molecule has 0 aliphatic carbocycles. The molecule has 1 aromatic heterocycles. The first-order chi connectivity index (χ1) is 10.1. The van der Waals surface area contributed by atoms with Crippen LogP contribution in [0, 0.1) is 0 Å². The van der Waals surface area contributed by atoms with Crippen LogP contribution in [-0.2, 0) is 16.4 Å². The van der Waals surface area contributed by atoms with E-state index in [-0.39, 0.29) is 0 Å². The molecule has 110 valence electrons. The first-order valence-electron chi connectivity index (χ1n) is 6.39. The maximum Gasteiger partial charge on any atom is 0.233 e. The minimum absolute atomic E-state index is 0.364. The normalized spacial score (nSPS) is 11.9. The van der Waals surface area contributed by atoms with Gasteiger partial charge in [0.25, 0.3) is 0 Å². The number of nitrogens with zero attached hydrogens (tertiary/aromatic N) is 1. The fourth-order valence-corrected chi connectivity index (χ4v) is 2.87. The van der Waals surface area contributed by atoms with Crippen LogP contribution < -0.4 is 4.72 Å². The van der Waals surface area contributed by atoms with Crippen LogP contribution >= 0.6 is 15.9 Å². The Labute approximate surface area is 133 Å². The number of pyridine rings is 1. The third kappa shape index (κ3) is 5.79. The molecule has 2 rings (SSSR count). The van der Waals surface area contributed by atoms with Crippen molar-refractivity contribution in [1.82, 2.24) is 9.71 Å². The molecule has 0 aliphatic rings. The van der Waals surface area contributed by atoms with Gasteiger partial charge in [0.05, 0.1) is 5.69 Å². The molecule has 1 N–H and O–H groups in total. The quantitative estimate of drug-likeness (QED) is 0.799. The second-order valence-electron chi connectivity index (χ2n) is 4.36. The van der Waals surface area contributed by atoms with Crippen molar-refractivity contribution in [2.24, 2.45) is 0 Å². The van der Waals surface area contributed by atoms with Crippen LogP contribution in [0.25, 0.3) is 6.08 Å². The fourth-order valence-electron chi connectivity index (χ4n) is 1.71. The predicted octanol–water partition coefficient (Wildman–Crippen LogP) is 2.98. The second-order valence-corrected chi connectivity index (χ2v) is 6.83. The molecule has 1 aromatic carbocycles. The molecule has 0 atom stereocenters. The average molecular weight is 367 g/mol. The van der Waals surface area contributed by atoms with Crippen molar-refractivity contribution in [3.8, 4) is 0 Å². The van der Waals surface area contributed by atoms with E-state index < -0.39 is 10.0 Å². The summed E-state index contributed by atoms with van der Waals surface area (Å²) < 4.78 is 26.9. The van der Waals surface area contributed by atoms with Gasteiger partial charge in [-0.05, 0) is 46.1 Å². The highest BCUT2D eigenvalue weighted by Crippen LogP contribution is 2.08. The highest BCUT2D eigenvalue weighted by Gasteiger charge is 2.04. The van der Waals surface area contributed by atoms with Crippen LogP contribution in [0.5, 0.6) is 0 Å². The summed E-state index contributed by atoms with van der Waals surface area (Å²) in [5.41, 5.74) is 1.68. The first kappa shape index (κ1) is 15.9. The molecule has 0 unspecified atom stereocenters. The number of nitrogens with one attached hydrogen (secondary N) is 1. The number of benzene rings is 1. The molecule has 0 saturated carbocycles. The highest BCUT2D eigenvalue weighted by atomic mass is 79.9. The van der Waals surface area contributed by atoms with E-state index in [2.05, 4.69) is 25.6 Å². The van der Waals surface area contributed by atoms with Crippen molar-refractivity contribution in [2.45, 2.75) is 6.42 Å². The lowest BCUT2D eigenvalue weighted by molar-refractivity contribution is 0.591. The molecule has 0 aliphatic heterocycles. The zero-order valence-corrected chi connectivity index (χ0v) is 13.6. The van der Waals surface area contributed by atoms with Crippen LogP contribution in [0.2, 0.25) is 0 Å². The Morgan fingerprint density at radius 2 is 1.86 bits per heavy atom. The van der Waals surface area contributed by atoms with Gasteiger partial charge in [0, 0.05) is 12.0 Å². The van der Waals surface area contributed by atoms with Crippen molar-refractivity contribution >= 4 is 32.0 Å². The molecule has 6 heteroatoms. The molecule has 4 nitrogen and oxygen atoms in total. The number of hydrogen-bond donors (Lipinski definition) is 1. The molecule has 21 heavy (non-hydrogen) atoms. The largest absolute Gasteiger partial charge is 0.242 e. The Balaban J connectivity index is 1.90. The van der Waals surface area contributed by atoms with Gasteiger partial charge in [0.1, 0.15) is 4.60 Å². The predicted molar refractivity (Wildman–Crippen MR) is 88.0 cm³/mol. The summed E-state index contributed by atoms with van der Waals surface area (Å²) in [6.45, 7) is 0.364. The smallest absolute Gasteiger partial charge is 0.233 e. The molecule has 0 saturated heterocycles. The van der Waals surface area contributed by atoms with Crippen LogP contribution in [0.4, 0.5) is 0 Å². The van der Waals surface area contributed by atoms with Gasteiger partial charge in [-0.3, -0.25) is 0 Å². The van der Waals surface area contributed by atoms with Crippen molar-refractivity contribution < 1.29 is 8.42 Å². The van der Waals surface area contributed by atoms with Gasteiger partial charge in [0.15, 0.2) is 0 Å². The summed E-state index contributed by atoms with van der Waals surface area (Å²) in [5.74, 6) is 0. The summed E-state index contributed by atoms with van der Waals surface area (Å²) >= 11 is 3.24. The molecule has 0 fully saturated rings. The molecule has 0 spiro atoms. The van der Waals surface area contributed by atoms with E-state index >= 15 is 0 Å². The summed E-state index contributed by atoms with van der Waals surface area (Å²) in [5, 5.41) is 1.13. The topological polar surface area (TPSA) is 59.1 Å². The summed E-state index contributed by atoms with van der Waals surface area (Å²) in [4.78, 5) is 4.14. The lowest BCUT2D eigenvalue weighted by atomic mass is 10.2. The van der Waals surface area contributed by atoms with Crippen molar-refractivity contribution in [1.29, 1.82) is 0 Å². The van der Waals surface area contributed by atoms with Gasteiger partial charge in [-0.15, -0.1) is 0 Å². The van der Waals surface area contributed by atoms with Crippen molar-refractivity contribution in [2.75, 3.05) is 6.54 Å². The van der Waals surface area contributed by atoms with Crippen LogP contribution in [0.3, 0.4) is 0 Å². The maximum atomic E-state index is 11.8. The Morgan fingerprint density at radius 3 is 2.57 bits per heavy atom. The third-order valence-corrected chi connectivity index (χ3v) is 4.26. The Bertz CT molecular complexity index is 715. The van der Waals surface area contributed by atoms with E-state index in [0.717, 1.165) is 11.0 Å². The second kappa shape index (κ2) is 7.49.